The van der Waals surface area contributed by atoms with Crippen molar-refractivity contribution in [2.24, 2.45) is 5.92 Å². The number of nitrogens with one attached hydrogen (secondary N) is 1. The Morgan fingerprint density at radius 3 is 2.80 bits per heavy atom. The van der Waals surface area contributed by atoms with Crippen LogP contribution in [0, 0.1) is 5.92 Å². The second-order valence-corrected chi connectivity index (χ2v) is 6.49. The van der Waals surface area contributed by atoms with Crippen molar-refractivity contribution in [3.8, 4) is 11.5 Å². The predicted molar refractivity (Wildman–Crippen MR) is 94.6 cm³/mol. The number of ether oxygens (including phenoxy) is 4. The number of hydrogen-bond acceptors (Lipinski definition) is 6. The van der Waals surface area contributed by atoms with E-state index in [1.807, 2.05) is 30.0 Å². The molecule has 3 atom stereocenters. The van der Waals surface area contributed by atoms with E-state index in [2.05, 4.69) is 5.32 Å². The highest BCUT2D eigenvalue weighted by atomic mass is 32.1. The standard InChI is InChI=1S/C17H22N2O5S/c1-17-12(15(20)23-4)13(18-16(25)19(17)8-9-21-2)10-6-5-7-11(22-3)14(10)24-17/h5-7,12-13H,8-9H2,1-4H3,(H,18,25)/t12-,13-,17-/m0/s1. The molecule has 0 aliphatic carbocycles. The number of nitrogens with zero attached hydrogens (tertiary/aromatic N) is 1. The van der Waals surface area contributed by atoms with E-state index in [9.17, 15) is 4.79 Å². The fourth-order valence-corrected chi connectivity index (χ4v) is 3.99. The molecule has 25 heavy (non-hydrogen) atoms. The summed E-state index contributed by atoms with van der Waals surface area (Å²) in [5, 5.41) is 3.78. The van der Waals surface area contributed by atoms with Gasteiger partial charge in [-0.2, -0.15) is 0 Å². The minimum absolute atomic E-state index is 0.359. The van der Waals surface area contributed by atoms with E-state index < -0.39 is 11.6 Å². The molecule has 7 nitrogen and oxygen atoms in total. The van der Waals surface area contributed by atoms with Crippen LogP contribution in [0.25, 0.3) is 0 Å². The van der Waals surface area contributed by atoms with Gasteiger partial charge in [-0.05, 0) is 25.2 Å². The SMILES string of the molecule is COCCN1C(=S)N[C@H]2c3cccc(OC)c3O[C@@]1(C)[C@@H]2C(=O)OC. The van der Waals surface area contributed by atoms with Gasteiger partial charge in [-0.1, -0.05) is 12.1 Å². The Bertz CT molecular complexity index is 698. The van der Waals surface area contributed by atoms with E-state index in [4.69, 9.17) is 31.2 Å². The van der Waals surface area contributed by atoms with Crippen molar-refractivity contribution in [1.82, 2.24) is 10.2 Å². The zero-order chi connectivity index (χ0) is 18.2. The zero-order valence-corrected chi connectivity index (χ0v) is 15.5. The fourth-order valence-electron chi connectivity index (χ4n) is 3.59. The Morgan fingerprint density at radius 1 is 1.40 bits per heavy atom. The van der Waals surface area contributed by atoms with Gasteiger partial charge >= 0.3 is 5.97 Å². The minimum Gasteiger partial charge on any atom is -0.493 e. The number of carbonyl (C=O) groups is 1. The number of benzene rings is 1. The predicted octanol–water partition coefficient (Wildman–Crippen LogP) is 1.47. The smallest absolute Gasteiger partial charge is 0.317 e. The molecule has 2 aliphatic heterocycles. The second-order valence-electron chi connectivity index (χ2n) is 6.11. The molecule has 3 rings (SSSR count). The summed E-state index contributed by atoms with van der Waals surface area (Å²) in [4.78, 5) is 14.4. The highest BCUT2D eigenvalue weighted by Crippen LogP contribution is 2.51. The highest BCUT2D eigenvalue weighted by molar-refractivity contribution is 7.80. The summed E-state index contributed by atoms with van der Waals surface area (Å²) in [5.41, 5.74) is -0.193. The lowest BCUT2D eigenvalue weighted by Crippen LogP contribution is -2.71. The number of carbonyl (C=O) groups excluding carboxylic acids is 1. The molecule has 1 aromatic carbocycles. The maximum Gasteiger partial charge on any atom is 0.317 e. The monoisotopic (exact) mass is 366 g/mol. The van der Waals surface area contributed by atoms with Crippen LogP contribution in [0.1, 0.15) is 18.5 Å². The van der Waals surface area contributed by atoms with Crippen LogP contribution in [0.15, 0.2) is 18.2 Å². The van der Waals surface area contributed by atoms with Gasteiger partial charge in [0.15, 0.2) is 22.3 Å². The molecule has 136 valence electrons. The fraction of sp³-hybridized carbons (Fsp3) is 0.529. The first-order valence-corrected chi connectivity index (χ1v) is 8.39. The van der Waals surface area contributed by atoms with Gasteiger partial charge in [-0.3, -0.25) is 4.79 Å². The molecule has 1 fully saturated rings. The first-order valence-electron chi connectivity index (χ1n) is 7.98. The summed E-state index contributed by atoms with van der Waals surface area (Å²) in [7, 11) is 4.58. The first-order chi connectivity index (χ1) is 12.0. The summed E-state index contributed by atoms with van der Waals surface area (Å²) >= 11 is 5.53. The third-order valence-corrected chi connectivity index (χ3v) is 5.16. The number of fused-ring (bicyclic) bond motifs is 4. The highest BCUT2D eigenvalue weighted by Gasteiger charge is 2.59. The van der Waals surface area contributed by atoms with Crippen molar-refractivity contribution in [2.45, 2.75) is 18.7 Å². The van der Waals surface area contributed by atoms with Crippen molar-refractivity contribution in [3.63, 3.8) is 0 Å². The quantitative estimate of drug-likeness (QED) is 0.621. The van der Waals surface area contributed by atoms with Gasteiger partial charge in [0.25, 0.3) is 0 Å². The molecule has 1 N–H and O–H groups in total. The van der Waals surface area contributed by atoms with Gasteiger partial charge in [0.1, 0.15) is 5.92 Å². The summed E-state index contributed by atoms with van der Waals surface area (Å²) in [6.45, 7) is 2.77. The van der Waals surface area contributed by atoms with Crippen LogP contribution in [-0.2, 0) is 14.3 Å². The molecule has 2 bridgehead atoms. The maximum absolute atomic E-state index is 12.6. The summed E-state index contributed by atoms with van der Waals surface area (Å²) in [6, 6.07) is 5.23. The molecule has 0 amide bonds. The molecule has 0 spiro atoms. The topological polar surface area (TPSA) is 69.3 Å². The zero-order valence-electron chi connectivity index (χ0n) is 14.7. The number of esters is 1. The number of thiocarbonyl (C=S) groups is 1. The largest absolute Gasteiger partial charge is 0.493 e. The van der Waals surface area contributed by atoms with Crippen LogP contribution < -0.4 is 14.8 Å². The molecular formula is C17H22N2O5S. The Balaban J connectivity index is 2.14. The van der Waals surface area contributed by atoms with E-state index >= 15 is 0 Å². The van der Waals surface area contributed by atoms with Crippen LogP contribution >= 0.6 is 12.2 Å². The Morgan fingerprint density at radius 2 is 2.16 bits per heavy atom. The average Bonchev–Trinajstić information content (AvgIpc) is 2.60. The van der Waals surface area contributed by atoms with Crippen LogP contribution in [0.2, 0.25) is 0 Å². The van der Waals surface area contributed by atoms with Gasteiger partial charge < -0.3 is 29.2 Å². The third kappa shape index (κ3) is 2.69. The molecule has 0 unspecified atom stereocenters. The maximum atomic E-state index is 12.6. The van der Waals surface area contributed by atoms with E-state index in [0.717, 1.165) is 5.56 Å². The van der Waals surface area contributed by atoms with Crippen LogP contribution in [-0.4, -0.2) is 56.2 Å². The lowest BCUT2D eigenvalue weighted by atomic mass is 9.79. The molecule has 1 saturated heterocycles. The van der Waals surface area contributed by atoms with Crippen LogP contribution in [0.5, 0.6) is 11.5 Å². The van der Waals surface area contributed by atoms with Crippen molar-refractivity contribution in [1.29, 1.82) is 0 Å². The lowest BCUT2D eigenvalue weighted by molar-refractivity contribution is -0.174. The first kappa shape index (κ1) is 17.8. The molecule has 0 aromatic heterocycles. The molecule has 2 aliphatic rings. The van der Waals surface area contributed by atoms with Crippen molar-refractivity contribution in [2.75, 3.05) is 34.5 Å². The van der Waals surface area contributed by atoms with E-state index in [0.29, 0.717) is 29.8 Å². The number of para-hydroxylation sites is 1. The molecule has 1 aromatic rings. The molecule has 0 radical (unpaired) electrons. The number of rotatable bonds is 5. The van der Waals surface area contributed by atoms with Crippen molar-refractivity contribution in [3.05, 3.63) is 23.8 Å². The van der Waals surface area contributed by atoms with E-state index in [1.165, 1.54) is 7.11 Å². The van der Waals surface area contributed by atoms with Crippen molar-refractivity contribution < 1.29 is 23.7 Å². The van der Waals surface area contributed by atoms with Gasteiger partial charge in [0.2, 0.25) is 0 Å². The summed E-state index contributed by atoms with van der Waals surface area (Å²) < 4.78 is 22.0. The van der Waals surface area contributed by atoms with Gasteiger partial charge in [0.05, 0.1) is 26.9 Å². The second kappa shape index (κ2) is 6.68. The number of methoxy groups -OCH3 is 3. The summed E-state index contributed by atoms with van der Waals surface area (Å²) in [6.07, 6.45) is 0. The lowest BCUT2D eigenvalue weighted by Gasteiger charge is -2.55. The Hall–Kier alpha value is -2.06. The molecule has 2 heterocycles. The molecular weight excluding hydrogens is 344 g/mol. The van der Waals surface area contributed by atoms with Crippen LogP contribution in [0.3, 0.4) is 0 Å². The van der Waals surface area contributed by atoms with Gasteiger partial charge in [-0.15, -0.1) is 0 Å². The van der Waals surface area contributed by atoms with Crippen molar-refractivity contribution >= 4 is 23.3 Å². The Labute approximate surface area is 152 Å². The minimum atomic E-state index is -1.01. The molecule has 8 heteroatoms. The molecule has 0 saturated carbocycles. The van der Waals surface area contributed by atoms with E-state index in [-0.39, 0.29) is 12.0 Å². The average molecular weight is 366 g/mol. The van der Waals surface area contributed by atoms with E-state index in [1.54, 1.807) is 14.2 Å². The Kier molecular flexibility index (Phi) is 4.75. The van der Waals surface area contributed by atoms with Gasteiger partial charge in [-0.25, -0.2) is 0 Å². The number of hydrogen-bond donors (Lipinski definition) is 1. The summed E-state index contributed by atoms with van der Waals surface area (Å²) in [5.74, 6) is 0.257. The third-order valence-electron chi connectivity index (χ3n) is 4.82. The normalized spacial score (nSPS) is 27.0. The van der Waals surface area contributed by atoms with Crippen LogP contribution in [0.4, 0.5) is 0 Å². The van der Waals surface area contributed by atoms with Gasteiger partial charge in [0, 0.05) is 19.2 Å².